The van der Waals surface area contributed by atoms with Crippen LogP contribution in [0.25, 0.3) is 11.0 Å². The quantitative estimate of drug-likeness (QED) is 0.802. The fraction of sp³-hybridized carbons (Fsp3) is 0.389. The lowest BCUT2D eigenvalue weighted by atomic mass is 10.1. The lowest BCUT2D eigenvalue weighted by Gasteiger charge is -2.23. The van der Waals surface area contributed by atoms with E-state index >= 15 is 0 Å². The van der Waals surface area contributed by atoms with Crippen LogP contribution in [0.4, 0.5) is 0 Å². The third-order valence-electron chi connectivity index (χ3n) is 4.70. The van der Waals surface area contributed by atoms with Gasteiger partial charge >= 0.3 is 0 Å². The molecule has 1 aromatic carbocycles. The fourth-order valence-corrected chi connectivity index (χ4v) is 3.52. The molecule has 1 atom stereocenters. The van der Waals surface area contributed by atoms with Crippen molar-refractivity contribution in [3.8, 4) is 0 Å². The number of amides is 1. The van der Waals surface area contributed by atoms with Gasteiger partial charge in [0.15, 0.2) is 0 Å². The Hall–Kier alpha value is -2.63. The van der Waals surface area contributed by atoms with Crippen LogP contribution in [0.15, 0.2) is 36.7 Å². The van der Waals surface area contributed by atoms with E-state index in [0.717, 1.165) is 41.8 Å². The van der Waals surface area contributed by atoms with Crippen molar-refractivity contribution in [2.75, 3.05) is 6.54 Å². The number of carbonyl (C=O) groups excluding carboxylic acids is 1. The molecule has 1 N–H and O–H groups in total. The minimum atomic E-state index is 0.168. The Bertz CT molecular complexity index is 832. The van der Waals surface area contributed by atoms with E-state index in [4.69, 9.17) is 0 Å². The van der Waals surface area contributed by atoms with Crippen LogP contribution in [0.1, 0.15) is 36.7 Å². The molecular formula is C18H21N5O. The van der Waals surface area contributed by atoms with E-state index in [9.17, 15) is 4.79 Å². The molecule has 2 aromatic heterocycles. The van der Waals surface area contributed by atoms with Crippen LogP contribution in [0.3, 0.4) is 0 Å². The molecule has 1 saturated heterocycles. The maximum atomic E-state index is 12.7. The topological polar surface area (TPSA) is 66.8 Å². The number of aryl methyl sites for hydroxylation is 2. The molecule has 1 aliphatic heterocycles. The standard InChI is InChI=1S/C18H21N5O/c1-22-12-13(11-19-22)16-7-4-10-23(16)18(24)9-8-17-20-14-5-2-3-6-15(14)21-17/h2-3,5-6,11-12,16H,4,7-10H2,1H3,(H,20,21). The SMILES string of the molecule is Cn1cc(C2CCCN2C(=O)CCc2nc3ccccc3[nH]2)cn1. The molecular weight excluding hydrogens is 302 g/mol. The summed E-state index contributed by atoms with van der Waals surface area (Å²) >= 11 is 0. The summed E-state index contributed by atoms with van der Waals surface area (Å²) in [5, 5.41) is 4.24. The number of nitrogens with zero attached hydrogens (tertiary/aromatic N) is 4. The van der Waals surface area contributed by atoms with E-state index in [1.54, 1.807) is 4.68 Å². The van der Waals surface area contributed by atoms with Crippen LogP contribution >= 0.6 is 0 Å². The zero-order valence-electron chi connectivity index (χ0n) is 13.8. The summed E-state index contributed by atoms with van der Waals surface area (Å²) in [6.45, 7) is 0.832. The van der Waals surface area contributed by atoms with Gasteiger partial charge in [0.1, 0.15) is 5.82 Å². The second-order valence-electron chi connectivity index (χ2n) is 6.39. The minimum absolute atomic E-state index is 0.168. The second-order valence-corrected chi connectivity index (χ2v) is 6.39. The molecule has 3 aromatic rings. The van der Waals surface area contributed by atoms with Crippen LogP contribution < -0.4 is 0 Å². The second kappa shape index (κ2) is 6.11. The molecule has 3 heterocycles. The summed E-state index contributed by atoms with van der Waals surface area (Å²) < 4.78 is 1.80. The number of fused-ring (bicyclic) bond motifs is 1. The monoisotopic (exact) mass is 323 g/mol. The van der Waals surface area contributed by atoms with Crippen LogP contribution in [-0.2, 0) is 18.3 Å². The molecule has 1 unspecified atom stereocenters. The molecule has 6 nitrogen and oxygen atoms in total. The van der Waals surface area contributed by atoms with Crippen molar-refractivity contribution in [3.63, 3.8) is 0 Å². The van der Waals surface area contributed by atoms with Gasteiger partial charge in [-0.2, -0.15) is 5.10 Å². The zero-order chi connectivity index (χ0) is 16.5. The molecule has 1 amide bonds. The Labute approximate surface area is 140 Å². The first-order chi connectivity index (χ1) is 11.7. The normalized spacial score (nSPS) is 17.7. The Kier molecular flexibility index (Phi) is 3.80. The Morgan fingerprint density at radius 2 is 2.25 bits per heavy atom. The van der Waals surface area contributed by atoms with Crippen molar-refractivity contribution in [2.45, 2.75) is 31.7 Å². The van der Waals surface area contributed by atoms with Crippen LogP contribution in [0.2, 0.25) is 0 Å². The van der Waals surface area contributed by atoms with Crippen LogP contribution in [0.5, 0.6) is 0 Å². The van der Waals surface area contributed by atoms with E-state index < -0.39 is 0 Å². The number of benzene rings is 1. The third-order valence-corrected chi connectivity index (χ3v) is 4.70. The molecule has 4 rings (SSSR count). The summed E-state index contributed by atoms with van der Waals surface area (Å²) in [5.41, 5.74) is 3.11. The minimum Gasteiger partial charge on any atom is -0.342 e. The highest BCUT2D eigenvalue weighted by Crippen LogP contribution is 2.32. The first kappa shape index (κ1) is 14.9. The lowest BCUT2D eigenvalue weighted by Crippen LogP contribution is -2.30. The van der Waals surface area contributed by atoms with Crippen molar-refractivity contribution in [1.82, 2.24) is 24.6 Å². The smallest absolute Gasteiger partial charge is 0.223 e. The number of imidazole rings is 1. The molecule has 1 aliphatic rings. The number of likely N-dealkylation sites (tertiary alicyclic amines) is 1. The first-order valence-corrected chi connectivity index (χ1v) is 8.42. The highest BCUT2D eigenvalue weighted by atomic mass is 16.2. The maximum Gasteiger partial charge on any atom is 0.223 e. The number of nitrogens with one attached hydrogen (secondary N) is 1. The number of hydrogen-bond acceptors (Lipinski definition) is 3. The average molecular weight is 323 g/mol. The van der Waals surface area contributed by atoms with Gasteiger partial charge in [0.25, 0.3) is 0 Å². The Morgan fingerprint density at radius 1 is 1.38 bits per heavy atom. The van der Waals surface area contributed by atoms with Crippen LogP contribution in [-0.4, -0.2) is 37.1 Å². The number of H-pyrrole nitrogens is 1. The molecule has 0 radical (unpaired) electrons. The number of hydrogen-bond donors (Lipinski definition) is 1. The van der Waals surface area contributed by atoms with Gasteiger partial charge in [-0.25, -0.2) is 4.98 Å². The van der Waals surface area contributed by atoms with Crippen molar-refractivity contribution in [2.24, 2.45) is 7.05 Å². The van der Waals surface area contributed by atoms with Crippen LogP contribution in [0, 0.1) is 0 Å². The molecule has 0 aliphatic carbocycles. The van der Waals surface area contributed by atoms with Crippen molar-refractivity contribution in [3.05, 3.63) is 48.0 Å². The number of rotatable bonds is 4. The molecule has 6 heteroatoms. The molecule has 1 fully saturated rings. The Morgan fingerprint density at radius 3 is 3.04 bits per heavy atom. The lowest BCUT2D eigenvalue weighted by molar-refractivity contribution is -0.132. The predicted molar refractivity (Wildman–Crippen MR) is 91.3 cm³/mol. The number of para-hydroxylation sites is 2. The van der Waals surface area contributed by atoms with E-state index in [1.165, 1.54) is 0 Å². The van der Waals surface area contributed by atoms with Gasteiger partial charge in [-0.3, -0.25) is 9.48 Å². The summed E-state index contributed by atoms with van der Waals surface area (Å²) in [6.07, 6.45) is 7.07. The van der Waals surface area contributed by atoms with Crippen molar-refractivity contribution >= 4 is 16.9 Å². The average Bonchev–Trinajstić information content (AvgIpc) is 3.30. The molecule has 24 heavy (non-hydrogen) atoms. The largest absolute Gasteiger partial charge is 0.342 e. The van der Waals surface area contributed by atoms with Gasteiger partial charge in [0.05, 0.1) is 23.3 Å². The van der Waals surface area contributed by atoms with Gasteiger partial charge in [0, 0.05) is 38.2 Å². The maximum absolute atomic E-state index is 12.7. The highest BCUT2D eigenvalue weighted by molar-refractivity contribution is 5.78. The van der Waals surface area contributed by atoms with Gasteiger partial charge in [-0.05, 0) is 25.0 Å². The molecule has 124 valence electrons. The highest BCUT2D eigenvalue weighted by Gasteiger charge is 2.30. The van der Waals surface area contributed by atoms with Gasteiger partial charge in [0.2, 0.25) is 5.91 Å². The van der Waals surface area contributed by atoms with E-state index in [2.05, 4.69) is 15.1 Å². The number of aromatic amines is 1. The van der Waals surface area contributed by atoms with Gasteiger partial charge in [-0.1, -0.05) is 12.1 Å². The summed E-state index contributed by atoms with van der Waals surface area (Å²) in [7, 11) is 1.91. The third kappa shape index (κ3) is 2.79. The summed E-state index contributed by atoms with van der Waals surface area (Å²) in [6, 6.07) is 8.11. The summed E-state index contributed by atoms with van der Waals surface area (Å²) in [5.74, 6) is 1.07. The zero-order valence-corrected chi connectivity index (χ0v) is 13.8. The van der Waals surface area contributed by atoms with E-state index in [1.807, 2.05) is 48.6 Å². The van der Waals surface area contributed by atoms with Gasteiger partial charge < -0.3 is 9.88 Å². The number of carbonyl (C=O) groups is 1. The number of aromatic nitrogens is 4. The first-order valence-electron chi connectivity index (χ1n) is 8.42. The fourth-order valence-electron chi connectivity index (χ4n) is 3.52. The van der Waals surface area contributed by atoms with E-state index in [-0.39, 0.29) is 11.9 Å². The molecule has 0 bridgehead atoms. The van der Waals surface area contributed by atoms with Crippen molar-refractivity contribution in [1.29, 1.82) is 0 Å². The predicted octanol–water partition coefficient (Wildman–Crippen LogP) is 2.59. The van der Waals surface area contributed by atoms with Crippen molar-refractivity contribution < 1.29 is 4.79 Å². The molecule has 0 saturated carbocycles. The Balaban J connectivity index is 1.43. The van der Waals surface area contributed by atoms with E-state index in [0.29, 0.717) is 12.8 Å². The van der Waals surface area contributed by atoms with Gasteiger partial charge in [-0.15, -0.1) is 0 Å². The molecule has 0 spiro atoms. The summed E-state index contributed by atoms with van der Waals surface area (Å²) in [4.78, 5) is 22.5.